The number of likely N-dealkylation sites (tertiary alicyclic amines) is 1. The fourth-order valence-corrected chi connectivity index (χ4v) is 5.43. The molecule has 3 aliphatic rings. The lowest BCUT2D eigenvalue weighted by molar-refractivity contribution is -0.192. The summed E-state index contributed by atoms with van der Waals surface area (Å²) in [5, 5.41) is 17.0. The van der Waals surface area contributed by atoms with Gasteiger partial charge in [0.2, 0.25) is 5.91 Å². The molecule has 32 heavy (non-hydrogen) atoms. The molecule has 3 heterocycles. The minimum absolute atomic E-state index is 0.0670. The Labute approximate surface area is 183 Å². The molecule has 4 atom stereocenters. The van der Waals surface area contributed by atoms with Gasteiger partial charge in [-0.15, -0.1) is 0 Å². The van der Waals surface area contributed by atoms with Gasteiger partial charge in [-0.25, -0.2) is 9.78 Å². The second kappa shape index (κ2) is 8.74. The number of hydrogen-bond donors (Lipinski definition) is 2. The van der Waals surface area contributed by atoms with Crippen LogP contribution < -0.4 is 0 Å². The highest BCUT2D eigenvalue weighted by molar-refractivity contribution is 5.83. The van der Waals surface area contributed by atoms with E-state index in [9.17, 15) is 27.9 Å². The number of amides is 1. The molecule has 1 aromatic heterocycles. The van der Waals surface area contributed by atoms with Gasteiger partial charge in [-0.2, -0.15) is 13.2 Å². The molecule has 1 aromatic rings. The number of rotatable bonds is 2. The zero-order valence-corrected chi connectivity index (χ0v) is 18.1. The number of alkyl halides is 3. The summed E-state index contributed by atoms with van der Waals surface area (Å²) in [5.74, 6) is -2.05. The van der Waals surface area contributed by atoms with Crippen LogP contribution in [0.25, 0.3) is 0 Å². The van der Waals surface area contributed by atoms with Crippen LogP contribution in [0, 0.1) is 18.3 Å². The molecule has 0 aromatic carbocycles. The molecular weight excluding hydrogens is 431 g/mol. The van der Waals surface area contributed by atoms with E-state index >= 15 is 0 Å². The third-order valence-corrected chi connectivity index (χ3v) is 6.89. The van der Waals surface area contributed by atoms with E-state index in [2.05, 4.69) is 16.5 Å². The Morgan fingerprint density at radius 2 is 1.84 bits per heavy atom. The number of imidazole rings is 1. The van der Waals surface area contributed by atoms with Gasteiger partial charge in [0.05, 0.1) is 17.0 Å². The first kappa shape index (κ1) is 24.1. The summed E-state index contributed by atoms with van der Waals surface area (Å²) < 4.78 is 33.9. The number of hydrogen-bond acceptors (Lipinski definition) is 4. The minimum Gasteiger partial charge on any atom is -0.481 e. The Morgan fingerprint density at radius 1 is 1.19 bits per heavy atom. The summed E-state index contributed by atoms with van der Waals surface area (Å²) in [6.45, 7) is 5.38. The zero-order chi connectivity index (χ0) is 23.8. The molecule has 2 N–H and O–H groups in total. The van der Waals surface area contributed by atoms with Gasteiger partial charge < -0.3 is 19.7 Å². The molecule has 0 spiro atoms. The van der Waals surface area contributed by atoms with Gasteiger partial charge in [0.1, 0.15) is 5.82 Å². The van der Waals surface area contributed by atoms with E-state index in [4.69, 9.17) is 9.90 Å². The molecule has 1 saturated carbocycles. The molecule has 1 amide bonds. The van der Waals surface area contributed by atoms with Gasteiger partial charge in [-0.05, 0) is 32.6 Å². The number of carboxylic acid groups (broad SMARTS) is 2. The zero-order valence-electron chi connectivity index (χ0n) is 18.1. The summed E-state index contributed by atoms with van der Waals surface area (Å²) in [7, 11) is 0. The molecule has 11 heteroatoms. The van der Waals surface area contributed by atoms with Gasteiger partial charge in [-0.1, -0.05) is 19.8 Å². The first-order chi connectivity index (χ1) is 14.9. The number of carbonyl (C=O) groups is 3. The topological polar surface area (TPSA) is 113 Å². The van der Waals surface area contributed by atoms with Crippen LogP contribution in [0.15, 0.2) is 6.20 Å². The first-order valence-corrected chi connectivity index (χ1v) is 10.7. The summed E-state index contributed by atoms with van der Waals surface area (Å²) in [4.78, 5) is 40.6. The fourth-order valence-electron chi connectivity index (χ4n) is 5.43. The van der Waals surface area contributed by atoms with Gasteiger partial charge in [-0.3, -0.25) is 9.59 Å². The summed E-state index contributed by atoms with van der Waals surface area (Å²) in [5.41, 5.74) is 0.290. The Kier molecular flexibility index (Phi) is 6.57. The van der Waals surface area contributed by atoms with Crippen LogP contribution in [-0.2, 0) is 20.9 Å². The van der Waals surface area contributed by atoms with Crippen molar-refractivity contribution in [2.75, 3.05) is 6.54 Å². The van der Waals surface area contributed by atoms with Crippen molar-refractivity contribution in [3.8, 4) is 0 Å². The van der Waals surface area contributed by atoms with Gasteiger partial charge in [0, 0.05) is 31.2 Å². The lowest BCUT2D eigenvalue weighted by Gasteiger charge is -2.40. The van der Waals surface area contributed by atoms with Crippen molar-refractivity contribution in [3.05, 3.63) is 17.7 Å². The van der Waals surface area contributed by atoms with Crippen LogP contribution in [0.3, 0.4) is 0 Å². The Bertz CT molecular complexity index is 900. The largest absolute Gasteiger partial charge is 0.490 e. The standard InChI is InChI=1S/C19H27N3O3.C2HF3O2/c1-12-9-14(11-21-10-13(2)20-16(12)21)17(23)22-8-7-19(18(24)25)6-4-3-5-15(19)22;3-2(4,5)1(6)7/h10,12,14-15H,3-9,11H2,1-2H3,(H,24,25);(H,6,7)/t12-,14+,15+,19-;/m1./s1. The Hall–Kier alpha value is -2.59. The van der Waals surface area contributed by atoms with Gasteiger partial charge >= 0.3 is 18.1 Å². The number of aromatic nitrogens is 2. The molecule has 0 unspecified atom stereocenters. The number of carbonyl (C=O) groups excluding carboxylic acids is 1. The lowest BCUT2D eigenvalue weighted by atomic mass is 9.70. The van der Waals surface area contributed by atoms with Crippen LogP contribution in [0.5, 0.6) is 0 Å². The smallest absolute Gasteiger partial charge is 0.481 e. The quantitative estimate of drug-likeness (QED) is 0.702. The normalized spacial score (nSPS) is 29.4. The van der Waals surface area contributed by atoms with Gasteiger partial charge in [0.15, 0.2) is 0 Å². The lowest BCUT2D eigenvalue weighted by Crippen LogP contribution is -2.50. The number of halogens is 3. The van der Waals surface area contributed by atoms with E-state index in [0.717, 1.165) is 37.2 Å². The molecule has 1 aliphatic carbocycles. The van der Waals surface area contributed by atoms with Crippen LogP contribution in [0.2, 0.25) is 0 Å². The van der Waals surface area contributed by atoms with E-state index in [1.165, 1.54) is 0 Å². The molecule has 2 fully saturated rings. The first-order valence-electron chi connectivity index (χ1n) is 10.7. The van der Waals surface area contributed by atoms with Crippen LogP contribution in [0.1, 0.15) is 62.9 Å². The van der Waals surface area contributed by atoms with E-state index < -0.39 is 23.5 Å². The minimum atomic E-state index is -5.08. The number of aryl methyl sites for hydroxylation is 1. The predicted octanol–water partition coefficient (Wildman–Crippen LogP) is 3.19. The molecule has 2 aliphatic heterocycles. The monoisotopic (exact) mass is 459 g/mol. The molecule has 0 bridgehead atoms. The highest BCUT2D eigenvalue weighted by Gasteiger charge is 2.55. The van der Waals surface area contributed by atoms with Crippen molar-refractivity contribution in [1.29, 1.82) is 0 Å². The Morgan fingerprint density at radius 3 is 2.44 bits per heavy atom. The third-order valence-electron chi connectivity index (χ3n) is 6.89. The molecule has 4 rings (SSSR count). The average Bonchev–Trinajstić information content (AvgIpc) is 3.28. The third kappa shape index (κ3) is 4.47. The van der Waals surface area contributed by atoms with Crippen LogP contribution >= 0.6 is 0 Å². The van der Waals surface area contributed by atoms with Gasteiger partial charge in [0.25, 0.3) is 0 Å². The number of fused-ring (bicyclic) bond motifs is 2. The SMILES string of the molecule is Cc1cn2c(n1)[C@H](C)C[C@H](C(=O)N1CC[C@]3(C(=O)O)CCCC[C@H]13)C2.O=C(O)C(F)(F)F. The maximum atomic E-state index is 13.3. The second-order valence-electron chi connectivity index (χ2n) is 9.03. The highest BCUT2D eigenvalue weighted by Crippen LogP contribution is 2.48. The van der Waals surface area contributed by atoms with Crippen molar-refractivity contribution in [2.24, 2.45) is 11.3 Å². The molecule has 178 valence electrons. The van der Waals surface area contributed by atoms with E-state index in [1.54, 1.807) is 0 Å². The predicted molar refractivity (Wildman–Crippen MR) is 106 cm³/mol. The van der Waals surface area contributed by atoms with E-state index in [-0.39, 0.29) is 23.8 Å². The van der Waals surface area contributed by atoms with E-state index in [0.29, 0.717) is 25.9 Å². The Balaban J connectivity index is 0.000000360. The van der Waals surface area contributed by atoms with E-state index in [1.807, 2.05) is 18.0 Å². The number of carboxylic acids is 2. The second-order valence-corrected chi connectivity index (χ2v) is 9.03. The summed E-state index contributed by atoms with van der Waals surface area (Å²) in [6.07, 6.45) is 1.88. The molecular formula is C21H28F3N3O5. The molecule has 8 nitrogen and oxygen atoms in total. The number of aliphatic carboxylic acids is 2. The maximum Gasteiger partial charge on any atom is 0.490 e. The maximum absolute atomic E-state index is 13.3. The van der Waals surface area contributed by atoms with Crippen LogP contribution in [0.4, 0.5) is 13.2 Å². The summed E-state index contributed by atoms with van der Waals surface area (Å²) in [6, 6.07) is -0.118. The highest BCUT2D eigenvalue weighted by atomic mass is 19.4. The van der Waals surface area contributed by atoms with Crippen molar-refractivity contribution < 1.29 is 37.8 Å². The molecule has 0 radical (unpaired) electrons. The average molecular weight is 459 g/mol. The van der Waals surface area contributed by atoms with Crippen molar-refractivity contribution in [1.82, 2.24) is 14.5 Å². The van der Waals surface area contributed by atoms with Crippen LogP contribution in [-0.4, -0.2) is 61.3 Å². The summed E-state index contributed by atoms with van der Waals surface area (Å²) >= 11 is 0. The van der Waals surface area contributed by atoms with Crippen molar-refractivity contribution in [3.63, 3.8) is 0 Å². The van der Waals surface area contributed by atoms with Crippen molar-refractivity contribution >= 4 is 17.8 Å². The molecule has 1 saturated heterocycles. The number of nitrogens with zero attached hydrogens (tertiary/aromatic N) is 3. The van der Waals surface area contributed by atoms with Crippen molar-refractivity contribution in [2.45, 2.75) is 77.1 Å². The fraction of sp³-hybridized carbons (Fsp3) is 0.714.